The Morgan fingerprint density at radius 3 is 3.22 bits per heavy atom. The summed E-state index contributed by atoms with van der Waals surface area (Å²) in [6.45, 7) is 0. The molecule has 1 heterocycles. The summed E-state index contributed by atoms with van der Waals surface area (Å²) in [4.78, 5) is 0. The van der Waals surface area contributed by atoms with Gasteiger partial charge in [0.1, 0.15) is 0 Å². The van der Waals surface area contributed by atoms with E-state index in [1.165, 1.54) is 6.08 Å². The van der Waals surface area contributed by atoms with Crippen molar-refractivity contribution in [3.05, 3.63) is 12.3 Å². The number of hydrogen-bond donors (Lipinski definition) is 3. The highest BCUT2D eigenvalue weighted by Gasteiger charge is 2.01. The molecular weight excluding hydrogens is 125 g/mol. The zero-order valence-corrected chi connectivity index (χ0v) is 4.43. The summed E-state index contributed by atoms with van der Waals surface area (Å²) in [5, 5.41) is 3.21. The summed E-state index contributed by atoms with van der Waals surface area (Å²) in [5.41, 5.74) is 4.17. The third-order valence-electron chi connectivity index (χ3n) is 0.709. The second-order valence-electron chi connectivity index (χ2n) is 1.29. The van der Waals surface area contributed by atoms with Gasteiger partial charge in [-0.2, -0.15) is 0 Å². The molecule has 0 aromatic rings. The van der Waals surface area contributed by atoms with Crippen molar-refractivity contribution in [1.29, 1.82) is 0 Å². The quantitative estimate of drug-likeness (QED) is 0.218. The SMILES string of the molecule is NNC1=NN(F)N[C]=C1. The molecule has 4 N–H and O–H groups in total. The van der Waals surface area contributed by atoms with E-state index < -0.39 is 0 Å². The van der Waals surface area contributed by atoms with Crippen molar-refractivity contribution < 1.29 is 4.48 Å². The van der Waals surface area contributed by atoms with E-state index in [0.29, 0.717) is 0 Å². The molecule has 1 radical (unpaired) electrons. The van der Waals surface area contributed by atoms with E-state index in [4.69, 9.17) is 5.84 Å². The summed E-state index contributed by atoms with van der Waals surface area (Å²) in [6.07, 6.45) is 3.71. The van der Waals surface area contributed by atoms with Gasteiger partial charge >= 0.3 is 0 Å². The zero-order valence-electron chi connectivity index (χ0n) is 4.43. The van der Waals surface area contributed by atoms with Crippen molar-refractivity contribution in [2.75, 3.05) is 0 Å². The molecule has 0 saturated heterocycles. The molecule has 0 amide bonds. The summed E-state index contributed by atoms with van der Waals surface area (Å²) in [5.74, 6) is 5.10. The lowest BCUT2D eigenvalue weighted by atomic mass is 10.5. The first kappa shape index (κ1) is 5.83. The molecule has 9 heavy (non-hydrogen) atoms. The highest BCUT2D eigenvalue weighted by Crippen LogP contribution is 1.90. The molecule has 0 aliphatic carbocycles. The predicted octanol–water partition coefficient (Wildman–Crippen LogP) is -1.22. The molecule has 0 spiro atoms. The van der Waals surface area contributed by atoms with Crippen LogP contribution >= 0.6 is 0 Å². The first-order valence-electron chi connectivity index (χ1n) is 2.18. The second kappa shape index (κ2) is 2.31. The van der Waals surface area contributed by atoms with Crippen molar-refractivity contribution in [3.63, 3.8) is 0 Å². The third-order valence-corrected chi connectivity index (χ3v) is 0.709. The Balaban J connectivity index is 2.59. The van der Waals surface area contributed by atoms with Gasteiger partial charge in [0.2, 0.25) is 0 Å². The van der Waals surface area contributed by atoms with E-state index in [9.17, 15) is 4.48 Å². The highest BCUT2D eigenvalue weighted by atomic mass is 19.2. The largest absolute Gasteiger partial charge is 0.307 e. The van der Waals surface area contributed by atoms with Gasteiger partial charge in [-0.3, -0.25) is 5.43 Å². The minimum absolute atomic E-state index is 0.00477. The fourth-order valence-electron chi connectivity index (χ4n) is 0.373. The van der Waals surface area contributed by atoms with Crippen molar-refractivity contribution in [2.45, 2.75) is 0 Å². The van der Waals surface area contributed by atoms with Crippen LogP contribution in [0.15, 0.2) is 11.2 Å². The van der Waals surface area contributed by atoms with Crippen LogP contribution in [-0.2, 0) is 0 Å². The fourth-order valence-corrected chi connectivity index (χ4v) is 0.373. The Bertz CT molecular complexity index is 152. The lowest BCUT2D eigenvalue weighted by Crippen LogP contribution is -2.36. The summed E-state index contributed by atoms with van der Waals surface area (Å²) < 4.78 is 12.0. The van der Waals surface area contributed by atoms with Crippen LogP contribution in [0.5, 0.6) is 0 Å². The molecule has 1 aliphatic rings. The summed E-state index contributed by atoms with van der Waals surface area (Å²) in [7, 11) is 0. The van der Waals surface area contributed by atoms with Gasteiger partial charge in [0.05, 0.1) is 6.20 Å². The van der Waals surface area contributed by atoms with Gasteiger partial charge in [0.15, 0.2) is 5.84 Å². The standard InChI is InChI=1S/C3H5FN5/c4-9-6-2-1-3(7-5)8-9/h1,6H,5H2,(H,7,8). The monoisotopic (exact) mass is 130 g/mol. The smallest absolute Gasteiger partial charge is 0.167 e. The number of rotatable bonds is 0. The van der Waals surface area contributed by atoms with E-state index in [-0.39, 0.29) is 11.2 Å². The first-order chi connectivity index (χ1) is 4.33. The van der Waals surface area contributed by atoms with Gasteiger partial charge in [-0.25, -0.2) is 5.84 Å². The van der Waals surface area contributed by atoms with Gasteiger partial charge in [-0.05, 0) is 5.34 Å². The van der Waals surface area contributed by atoms with Crippen LogP contribution in [0.3, 0.4) is 0 Å². The maximum Gasteiger partial charge on any atom is 0.167 e. The van der Waals surface area contributed by atoms with Gasteiger partial charge in [0.25, 0.3) is 0 Å². The number of nitrogens with one attached hydrogen (secondary N) is 2. The van der Waals surface area contributed by atoms with Crippen molar-refractivity contribution in [2.24, 2.45) is 10.9 Å². The maximum absolute atomic E-state index is 12.0. The Kier molecular flexibility index (Phi) is 1.50. The molecule has 1 rings (SSSR count). The number of amidine groups is 1. The van der Waals surface area contributed by atoms with E-state index in [1.54, 1.807) is 0 Å². The number of nitrogens with two attached hydrogens (primary N) is 1. The maximum atomic E-state index is 12.0. The molecule has 0 aromatic carbocycles. The van der Waals surface area contributed by atoms with E-state index in [2.05, 4.69) is 16.7 Å². The normalized spacial score (nSPS) is 16.7. The van der Waals surface area contributed by atoms with E-state index >= 15 is 0 Å². The van der Waals surface area contributed by atoms with E-state index in [0.717, 1.165) is 0 Å². The molecule has 49 valence electrons. The molecule has 1 aliphatic heterocycles. The molecule has 0 saturated carbocycles. The number of nitrogens with zero attached hydrogens (tertiary/aromatic N) is 2. The molecule has 0 atom stereocenters. The Hall–Kier alpha value is -1.30. The summed E-state index contributed by atoms with van der Waals surface area (Å²) in [6, 6.07) is 0. The number of hydrazine groups is 2. The van der Waals surface area contributed by atoms with Gasteiger partial charge in [-0.1, -0.05) is 4.48 Å². The molecule has 0 unspecified atom stereocenters. The first-order valence-corrected chi connectivity index (χ1v) is 2.18. The molecule has 0 bridgehead atoms. The highest BCUT2D eigenvalue weighted by molar-refractivity contribution is 5.91. The third kappa shape index (κ3) is 1.29. The minimum Gasteiger partial charge on any atom is -0.307 e. The molecule has 0 fully saturated rings. The van der Waals surface area contributed by atoms with Crippen LogP contribution in [0.4, 0.5) is 4.48 Å². The predicted molar refractivity (Wildman–Crippen MR) is 28.7 cm³/mol. The minimum atomic E-state index is -0.00477. The van der Waals surface area contributed by atoms with Crippen molar-refractivity contribution in [1.82, 2.24) is 16.2 Å². The second-order valence-corrected chi connectivity index (χ2v) is 1.29. The van der Waals surface area contributed by atoms with Crippen LogP contribution in [0.1, 0.15) is 0 Å². The van der Waals surface area contributed by atoms with Crippen LogP contribution in [0, 0.1) is 6.20 Å². The van der Waals surface area contributed by atoms with Crippen LogP contribution in [0.2, 0.25) is 0 Å². The van der Waals surface area contributed by atoms with Gasteiger partial charge < -0.3 is 5.43 Å². The van der Waals surface area contributed by atoms with Crippen LogP contribution in [-0.4, -0.2) is 11.2 Å². The Morgan fingerprint density at radius 1 is 2.00 bits per heavy atom. The Morgan fingerprint density at radius 2 is 2.78 bits per heavy atom. The molecular formula is C3H5FN5. The zero-order chi connectivity index (χ0) is 6.69. The lowest BCUT2D eigenvalue weighted by Gasteiger charge is -2.10. The van der Waals surface area contributed by atoms with Crippen molar-refractivity contribution >= 4 is 5.84 Å². The fraction of sp³-hybridized carbons (Fsp3) is 0. The lowest BCUT2D eigenvalue weighted by molar-refractivity contribution is -0.0175. The summed E-state index contributed by atoms with van der Waals surface area (Å²) >= 11 is 0. The van der Waals surface area contributed by atoms with Crippen LogP contribution in [0.25, 0.3) is 0 Å². The average molecular weight is 130 g/mol. The number of hydrazone groups is 1. The van der Waals surface area contributed by atoms with Gasteiger partial charge in [0, 0.05) is 6.08 Å². The topological polar surface area (TPSA) is 65.7 Å². The van der Waals surface area contributed by atoms with Crippen molar-refractivity contribution in [3.8, 4) is 0 Å². The number of hydrogen-bond acceptors (Lipinski definition) is 5. The van der Waals surface area contributed by atoms with Crippen LogP contribution < -0.4 is 16.7 Å². The van der Waals surface area contributed by atoms with Gasteiger partial charge in [-0.15, -0.1) is 5.10 Å². The molecule has 5 nitrogen and oxygen atoms in total. The Labute approximate surface area is 50.9 Å². The average Bonchev–Trinajstić information content (AvgIpc) is 1.88. The molecule has 6 heteroatoms. The van der Waals surface area contributed by atoms with E-state index in [1.807, 2.05) is 5.43 Å². The number of halogens is 1. The molecule has 0 aromatic heterocycles.